The smallest absolute Gasteiger partial charge is 0.248 e. The van der Waals surface area contributed by atoms with E-state index in [0.717, 1.165) is 0 Å². The average molecular weight is 147 g/mol. The van der Waals surface area contributed by atoms with Crippen molar-refractivity contribution < 1.29 is 15.0 Å². The SMILES string of the molecule is CC(O)CNC(=O)[C@@H](C)O. The van der Waals surface area contributed by atoms with Crippen molar-refractivity contribution in [2.24, 2.45) is 0 Å². The fraction of sp³-hybridized carbons (Fsp3) is 0.833. The Labute approximate surface area is 59.9 Å². The van der Waals surface area contributed by atoms with Gasteiger partial charge in [-0.25, -0.2) is 0 Å². The minimum absolute atomic E-state index is 0.184. The highest BCUT2D eigenvalue weighted by molar-refractivity contribution is 5.79. The van der Waals surface area contributed by atoms with Gasteiger partial charge in [-0.1, -0.05) is 0 Å². The van der Waals surface area contributed by atoms with E-state index in [4.69, 9.17) is 10.2 Å². The van der Waals surface area contributed by atoms with Gasteiger partial charge in [0.1, 0.15) is 6.10 Å². The zero-order valence-electron chi connectivity index (χ0n) is 6.16. The van der Waals surface area contributed by atoms with Crippen molar-refractivity contribution in [3.8, 4) is 0 Å². The van der Waals surface area contributed by atoms with Gasteiger partial charge in [0.2, 0.25) is 5.91 Å². The molecule has 0 aliphatic rings. The topological polar surface area (TPSA) is 69.6 Å². The highest BCUT2D eigenvalue weighted by atomic mass is 16.3. The lowest BCUT2D eigenvalue weighted by molar-refractivity contribution is -0.128. The van der Waals surface area contributed by atoms with Crippen LogP contribution in [0.3, 0.4) is 0 Å². The van der Waals surface area contributed by atoms with Crippen LogP contribution in [0, 0.1) is 0 Å². The molecule has 0 saturated heterocycles. The molecule has 0 aromatic carbocycles. The molecular formula is C6H13NO3. The predicted octanol–water partition coefficient (Wildman–Crippen LogP) is -1.14. The standard InChI is InChI=1S/C6H13NO3/c1-4(8)3-7-6(10)5(2)9/h4-5,8-9H,3H2,1-2H3,(H,7,10)/t4?,5-/m1/s1. The molecule has 0 radical (unpaired) electrons. The van der Waals surface area contributed by atoms with Crippen LogP contribution in [-0.4, -0.2) is 34.9 Å². The van der Waals surface area contributed by atoms with Crippen LogP contribution in [0.5, 0.6) is 0 Å². The van der Waals surface area contributed by atoms with Gasteiger partial charge in [0.15, 0.2) is 0 Å². The number of aliphatic hydroxyl groups excluding tert-OH is 2. The Bertz CT molecular complexity index is 112. The number of hydrogen-bond donors (Lipinski definition) is 3. The van der Waals surface area contributed by atoms with Crippen LogP contribution in [0.1, 0.15) is 13.8 Å². The van der Waals surface area contributed by atoms with E-state index in [1.54, 1.807) is 6.92 Å². The predicted molar refractivity (Wildman–Crippen MR) is 36.4 cm³/mol. The van der Waals surface area contributed by atoms with E-state index in [2.05, 4.69) is 5.32 Å². The number of carbonyl (C=O) groups is 1. The second-order valence-electron chi connectivity index (χ2n) is 2.27. The Morgan fingerprint density at radius 2 is 2.00 bits per heavy atom. The molecule has 0 fully saturated rings. The first kappa shape index (κ1) is 9.39. The summed E-state index contributed by atoms with van der Waals surface area (Å²) in [7, 11) is 0. The van der Waals surface area contributed by atoms with Crippen molar-refractivity contribution in [3.63, 3.8) is 0 Å². The molecule has 10 heavy (non-hydrogen) atoms. The molecule has 1 amide bonds. The fourth-order valence-electron chi connectivity index (χ4n) is 0.396. The molecule has 0 aliphatic carbocycles. The van der Waals surface area contributed by atoms with Crippen LogP contribution in [0.25, 0.3) is 0 Å². The summed E-state index contributed by atoms with van der Waals surface area (Å²) in [6.07, 6.45) is -1.57. The van der Waals surface area contributed by atoms with Crippen molar-refractivity contribution in [2.75, 3.05) is 6.54 Å². The number of rotatable bonds is 3. The summed E-state index contributed by atoms with van der Waals surface area (Å²) in [5, 5.41) is 19.7. The Morgan fingerprint density at radius 1 is 1.50 bits per heavy atom. The van der Waals surface area contributed by atoms with Crippen LogP contribution in [0.15, 0.2) is 0 Å². The number of aliphatic hydroxyl groups is 2. The highest BCUT2D eigenvalue weighted by Crippen LogP contribution is 1.80. The number of carbonyl (C=O) groups excluding carboxylic acids is 1. The number of nitrogens with one attached hydrogen (secondary N) is 1. The van der Waals surface area contributed by atoms with E-state index in [0.29, 0.717) is 0 Å². The quantitative estimate of drug-likeness (QED) is 0.473. The Kier molecular flexibility index (Phi) is 3.99. The van der Waals surface area contributed by atoms with Crippen molar-refractivity contribution in [1.82, 2.24) is 5.32 Å². The lowest BCUT2D eigenvalue weighted by Gasteiger charge is -2.07. The van der Waals surface area contributed by atoms with E-state index < -0.39 is 18.1 Å². The van der Waals surface area contributed by atoms with Gasteiger partial charge in [0, 0.05) is 6.54 Å². The normalized spacial score (nSPS) is 16.0. The summed E-state index contributed by atoms with van der Waals surface area (Å²) < 4.78 is 0. The Balaban J connectivity index is 3.40. The third-order valence-electron chi connectivity index (χ3n) is 0.951. The molecule has 60 valence electrons. The van der Waals surface area contributed by atoms with Gasteiger partial charge in [-0.15, -0.1) is 0 Å². The van der Waals surface area contributed by atoms with E-state index in [1.807, 2.05) is 0 Å². The van der Waals surface area contributed by atoms with E-state index in [1.165, 1.54) is 6.92 Å². The van der Waals surface area contributed by atoms with E-state index in [9.17, 15) is 4.79 Å². The maximum absolute atomic E-state index is 10.6. The van der Waals surface area contributed by atoms with Crippen molar-refractivity contribution >= 4 is 5.91 Å². The third kappa shape index (κ3) is 4.29. The fourth-order valence-corrected chi connectivity index (χ4v) is 0.396. The van der Waals surface area contributed by atoms with Crippen LogP contribution in [0.2, 0.25) is 0 Å². The maximum Gasteiger partial charge on any atom is 0.248 e. The number of amides is 1. The summed E-state index contributed by atoms with van der Waals surface area (Å²) in [5.41, 5.74) is 0. The second kappa shape index (κ2) is 4.24. The van der Waals surface area contributed by atoms with Crippen molar-refractivity contribution in [2.45, 2.75) is 26.1 Å². The number of hydrogen-bond acceptors (Lipinski definition) is 3. The first-order valence-corrected chi connectivity index (χ1v) is 3.18. The van der Waals surface area contributed by atoms with Crippen LogP contribution in [-0.2, 0) is 4.79 Å². The van der Waals surface area contributed by atoms with Gasteiger partial charge in [0.25, 0.3) is 0 Å². The molecule has 0 bridgehead atoms. The van der Waals surface area contributed by atoms with Crippen molar-refractivity contribution in [3.05, 3.63) is 0 Å². The van der Waals surface area contributed by atoms with Crippen LogP contribution >= 0.6 is 0 Å². The molecule has 4 heteroatoms. The lowest BCUT2D eigenvalue weighted by atomic mass is 10.3. The van der Waals surface area contributed by atoms with E-state index in [-0.39, 0.29) is 6.54 Å². The van der Waals surface area contributed by atoms with Crippen molar-refractivity contribution in [1.29, 1.82) is 0 Å². The molecule has 0 spiro atoms. The highest BCUT2D eigenvalue weighted by Gasteiger charge is 2.07. The maximum atomic E-state index is 10.6. The molecule has 0 aromatic rings. The largest absolute Gasteiger partial charge is 0.392 e. The minimum atomic E-state index is -1.00. The lowest BCUT2D eigenvalue weighted by Crippen LogP contribution is -2.36. The average Bonchev–Trinajstić information content (AvgIpc) is 1.82. The van der Waals surface area contributed by atoms with Gasteiger partial charge in [-0.2, -0.15) is 0 Å². The summed E-state index contributed by atoms with van der Waals surface area (Å²) in [4.78, 5) is 10.6. The molecular weight excluding hydrogens is 134 g/mol. The first-order valence-electron chi connectivity index (χ1n) is 3.18. The molecule has 3 N–H and O–H groups in total. The summed E-state index contributed by atoms with van der Waals surface area (Å²) >= 11 is 0. The van der Waals surface area contributed by atoms with Crippen LogP contribution in [0.4, 0.5) is 0 Å². The molecule has 1 unspecified atom stereocenters. The summed E-state index contributed by atoms with van der Waals surface area (Å²) in [5.74, 6) is -0.457. The monoisotopic (exact) mass is 147 g/mol. The molecule has 0 rings (SSSR count). The summed E-state index contributed by atoms with van der Waals surface area (Å²) in [6.45, 7) is 3.11. The zero-order valence-corrected chi connectivity index (χ0v) is 6.16. The molecule has 0 heterocycles. The van der Waals surface area contributed by atoms with E-state index >= 15 is 0 Å². The van der Waals surface area contributed by atoms with Gasteiger partial charge in [-0.05, 0) is 13.8 Å². The van der Waals surface area contributed by atoms with Gasteiger partial charge in [0.05, 0.1) is 6.10 Å². The molecule has 4 nitrogen and oxygen atoms in total. The van der Waals surface area contributed by atoms with Crippen LogP contribution < -0.4 is 5.32 Å². The second-order valence-corrected chi connectivity index (χ2v) is 2.27. The first-order chi connectivity index (χ1) is 4.54. The van der Waals surface area contributed by atoms with Gasteiger partial charge >= 0.3 is 0 Å². The van der Waals surface area contributed by atoms with Gasteiger partial charge < -0.3 is 15.5 Å². The minimum Gasteiger partial charge on any atom is -0.392 e. The zero-order chi connectivity index (χ0) is 8.15. The molecule has 0 saturated carbocycles. The Hall–Kier alpha value is -0.610. The molecule has 0 aromatic heterocycles. The molecule has 0 aliphatic heterocycles. The third-order valence-corrected chi connectivity index (χ3v) is 0.951. The van der Waals surface area contributed by atoms with Gasteiger partial charge in [-0.3, -0.25) is 4.79 Å². The Morgan fingerprint density at radius 3 is 2.30 bits per heavy atom. The summed E-state index contributed by atoms with van der Waals surface area (Å²) in [6, 6.07) is 0. The molecule has 2 atom stereocenters.